The lowest BCUT2D eigenvalue weighted by Gasteiger charge is -2.12. The van der Waals surface area contributed by atoms with E-state index in [1.54, 1.807) is 0 Å². The van der Waals surface area contributed by atoms with E-state index >= 15 is 0 Å². The molecule has 0 aromatic carbocycles. The second-order valence-corrected chi connectivity index (χ2v) is 3.01. The van der Waals surface area contributed by atoms with E-state index < -0.39 is 29.3 Å². The molecule has 1 N–H and O–H groups in total. The molecule has 1 aromatic heterocycles. The SMILES string of the molecule is Cc1ncc(CO)c([N+](=O)[O-])c1OC(F)(F)F. The first-order valence-electron chi connectivity index (χ1n) is 4.25. The molecule has 0 aliphatic carbocycles. The van der Waals surface area contributed by atoms with Crippen molar-refractivity contribution in [3.05, 3.63) is 27.6 Å². The summed E-state index contributed by atoms with van der Waals surface area (Å²) in [6.45, 7) is 0.326. The highest BCUT2D eigenvalue weighted by atomic mass is 19.4. The van der Waals surface area contributed by atoms with Crippen LogP contribution in [0, 0.1) is 17.0 Å². The summed E-state index contributed by atoms with van der Waals surface area (Å²) >= 11 is 0. The quantitative estimate of drug-likeness (QED) is 0.653. The zero-order valence-electron chi connectivity index (χ0n) is 8.48. The molecule has 0 saturated carbocycles. The van der Waals surface area contributed by atoms with Gasteiger partial charge in [-0.05, 0) is 6.92 Å². The average molecular weight is 252 g/mol. The first-order chi connectivity index (χ1) is 7.76. The minimum Gasteiger partial charge on any atom is -0.396 e. The number of aryl methyl sites for hydroxylation is 1. The molecule has 0 radical (unpaired) electrons. The largest absolute Gasteiger partial charge is 0.573 e. The van der Waals surface area contributed by atoms with Crippen molar-refractivity contribution in [2.45, 2.75) is 19.9 Å². The van der Waals surface area contributed by atoms with Crippen LogP contribution in [0.25, 0.3) is 0 Å². The number of rotatable bonds is 3. The Morgan fingerprint density at radius 3 is 2.59 bits per heavy atom. The summed E-state index contributed by atoms with van der Waals surface area (Å²) in [5.41, 5.74) is -1.57. The molecule has 0 atom stereocenters. The lowest BCUT2D eigenvalue weighted by molar-refractivity contribution is -0.389. The van der Waals surface area contributed by atoms with Gasteiger partial charge in [-0.15, -0.1) is 13.2 Å². The Bertz CT molecular complexity index is 447. The molecular formula is C8H7F3N2O4. The molecule has 1 rings (SSSR count). The van der Waals surface area contributed by atoms with Gasteiger partial charge in [-0.2, -0.15) is 0 Å². The average Bonchev–Trinajstić information content (AvgIpc) is 2.18. The van der Waals surface area contributed by atoms with Gasteiger partial charge in [-0.3, -0.25) is 15.1 Å². The Kier molecular flexibility index (Phi) is 3.51. The molecule has 9 heteroatoms. The van der Waals surface area contributed by atoms with Crippen LogP contribution in [0.3, 0.4) is 0 Å². The number of aromatic nitrogens is 1. The fourth-order valence-electron chi connectivity index (χ4n) is 1.17. The maximum absolute atomic E-state index is 12.1. The second kappa shape index (κ2) is 4.53. The van der Waals surface area contributed by atoms with E-state index in [-0.39, 0.29) is 11.3 Å². The zero-order chi connectivity index (χ0) is 13.2. The third-order valence-electron chi connectivity index (χ3n) is 1.83. The molecule has 6 nitrogen and oxygen atoms in total. The number of nitro groups is 1. The van der Waals surface area contributed by atoms with Crippen molar-refractivity contribution in [2.24, 2.45) is 0 Å². The van der Waals surface area contributed by atoms with Crippen LogP contribution in [-0.4, -0.2) is 21.4 Å². The van der Waals surface area contributed by atoms with Gasteiger partial charge < -0.3 is 9.84 Å². The number of aliphatic hydroxyl groups is 1. The Morgan fingerprint density at radius 1 is 1.59 bits per heavy atom. The first kappa shape index (κ1) is 13.2. The van der Waals surface area contributed by atoms with Gasteiger partial charge >= 0.3 is 12.0 Å². The van der Waals surface area contributed by atoms with Gasteiger partial charge in [0, 0.05) is 6.20 Å². The number of pyridine rings is 1. The summed E-state index contributed by atoms with van der Waals surface area (Å²) in [4.78, 5) is 13.1. The van der Waals surface area contributed by atoms with Gasteiger partial charge in [0.1, 0.15) is 0 Å². The lowest BCUT2D eigenvalue weighted by atomic mass is 10.2. The summed E-state index contributed by atoms with van der Waals surface area (Å²) in [5.74, 6) is -1.01. The predicted molar refractivity (Wildman–Crippen MR) is 48.2 cm³/mol. The molecule has 0 saturated heterocycles. The summed E-state index contributed by atoms with van der Waals surface area (Å²) in [5, 5.41) is 19.5. The molecule has 94 valence electrons. The van der Waals surface area contributed by atoms with Crippen molar-refractivity contribution < 1.29 is 27.9 Å². The smallest absolute Gasteiger partial charge is 0.396 e. The van der Waals surface area contributed by atoms with Crippen molar-refractivity contribution in [2.75, 3.05) is 0 Å². The third kappa shape index (κ3) is 3.03. The molecule has 1 aromatic rings. The van der Waals surface area contributed by atoms with Crippen LogP contribution in [0.2, 0.25) is 0 Å². The first-order valence-corrected chi connectivity index (χ1v) is 4.25. The van der Waals surface area contributed by atoms with Crippen LogP contribution in [0.4, 0.5) is 18.9 Å². The molecule has 0 spiro atoms. The Balaban J connectivity index is 3.39. The third-order valence-corrected chi connectivity index (χ3v) is 1.83. The summed E-state index contributed by atoms with van der Waals surface area (Å²) in [7, 11) is 0. The minimum absolute atomic E-state index is 0.286. The predicted octanol–water partition coefficient (Wildman–Crippen LogP) is 1.69. The normalized spacial score (nSPS) is 11.4. The van der Waals surface area contributed by atoms with Gasteiger partial charge in [-0.25, -0.2) is 0 Å². The van der Waals surface area contributed by atoms with E-state index in [0.29, 0.717) is 0 Å². The van der Waals surface area contributed by atoms with E-state index in [0.717, 1.165) is 13.1 Å². The number of hydrogen-bond acceptors (Lipinski definition) is 5. The summed E-state index contributed by atoms with van der Waals surface area (Å²) in [6.07, 6.45) is -4.14. The van der Waals surface area contributed by atoms with Crippen LogP contribution in [0.15, 0.2) is 6.20 Å². The number of aliphatic hydroxyl groups excluding tert-OH is 1. The molecule has 1 heterocycles. The minimum atomic E-state index is -5.06. The van der Waals surface area contributed by atoms with Gasteiger partial charge in [0.05, 0.1) is 22.8 Å². The maximum Gasteiger partial charge on any atom is 0.573 e. The Morgan fingerprint density at radius 2 is 2.18 bits per heavy atom. The molecule has 17 heavy (non-hydrogen) atoms. The van der Waals surface area contributed by atoms with Crippen LogP contribution in [-0.2, 0) is 6.61 Å². The van der Waals surface area contributed by atoms with Crippen molar-refractivity contribution in [3.8, 4) is 5.75 Å². The number of nitrogens with zero attached hydrogens (tertiary/aromatic N) is 2. The zero-order valence-corrected chi connectivity index (χ0v) is 8.48. The summed E-state index contributed by atoms with van der Waals surface area (Å²) < 4.78 is 39.7. The van der Waals surface area contributed by atoms with E-state index in [4.69, 9.17) is 5.11 Å². The van der Waals surface area contributed by atoms with Gasteiger partial charge in [0.2, 0.25) is 5.75 Å². The topological polar surface area (TPSA) is 85.5 Å². The van der Waals surface area contributed by atoms with E-state index in [1.807, 2.05) is 0 Å². The summed E-state index contributed by atoms with van der Waals surface area (Å²) in [6, 6.07) is 0. The van der Waals surface area contributed by atoms with E-state index in [2.05, 4.69) is 9.72 Å². The fraction of sp³-hybridized carbons (Fsp3) is 0.375. The Labute approximate surface area is 92.8 Å². The standard InChI is InChI=1S/C8H7F3N2O4/c1-4-7(17-8(9,10)11)6(13(15)16)5(3-14)2-12-4/h2,14H,3H2,1H3. The molecule has 0 amide bonds. The monoisotopic (exact) mass is 252 g/mol. The number of ether oxygens (including phenoxy) is 1. The van der Waals surface area contributed by atoms with Gasteiger partial charge in [-0.1, -0.05) is 0 Å². The number of alkyl halides is 3. The highest BCUT2D eigenvalue weighted by Gasteiger charge is 2.37. The van der Waals surface area contributed by atoms with Crippen molar-refractivity contribution in [1.29, 1.82) is 0 Å². The second-order valence-electron chi connectivity index (χ2n) is 3.01. The van der Waals surface area contributed by atoms with Crippen molar-refractivity contribution in [1.82, 2.24) is 4.98 Å². The molecule has 0 bridgehead atoms. The van der Waals surface area contributed by atoms with Gasteiger partial charge in [0.15, 0.2) is 0 Å². The highest BCUT2D eigenvalue weighted by molar-refractivity contribution is 5.53. The van der Waals surface area contributed by atoms with Crippen molar-refractivity contribution >= 4 is 5.69 Å². The van der Waals surface area contributed by atoms with Crippen LogP contribution in [0.1, 0.15) is 11.3 Å². The molecule has 0 aliphatic heterocycles. The number of halogens is 3. The molecule has 0 aliphatic rings. The van der Waals surface area contributed by atoms with Crippen LogP contribution in [0.5, 0.6) is 5.75 Å². The molecule has 0 fully saturated rings. The van der Waals surface area contributed by atoms with Gasteiger partial charge in [0.25, 0.3) is 0 Å². The maximum atomic E-state index is 12.1. The highest BCUT2D eigenvalue weighted by Crippen LogP contribution is 2.36. The molecular weight excluding hydrogens is 245 g/mol. The Hall–Kier alpha value is -1.90. The molecule has 0 unspecified atom stereocenters. The number of hydrogen-bond donors (Lipinski definition) is 1. The van der Waals surface area contributed by atoms with E-state index in [1.165, 1.54) is 0 Å². The van der Waals surface area contributed by atoms with E-state index in [9.17, 15) is 23.3 Å². The lowest BCUT2D eigenvalue weighted by Crippen LogP contribution is -2.19. The van der Waals surface area contributed by atoms with Crippen LogP contribution < -0.4 is 4.74 Å². The fourth-order valence-corrected chi connectivity index (χ4v) is 1.17. The van der Waals surface area contributed by atoms with Crippen molar-refractivity contribution in [3.63, 3.8) is 0 Å². The van der Waals surface area contributed by atoms with Crippen LogP contribution >= 0.6 is 0 Å².